The molecule has 5 heteroatoms. The first-order chi connectivity index (χ1) is 9.22. The molecule has 3 rings (SSSR count). The number of hydrogen-bond donors (Lipinski definition) is 1. The fourth-order valence-electron chi connectivity index (χ4n) is 2.34. The predicted molar refractivity (Wildman–Crippen MR) is 78.4 cm³/mol. The lowest BCUT2D eigenvalue weighted by atomic mass is 10.2. The normalized spacial score (nSPS) is 14.8. The second-order valence-electron chi connectivity index (χ2n) is 4.95. The van der Waals surface area contributed by atoms with Crippen molar-refractivity contribution in [1.29, 1.82) is 0 Å². The van der Waals surface area contributed by atoms with Crippen molar-refractivity contribution >= 4 is 33.0 Å². The third-order valence-electron chi connectivity index (χ3n) is 3.44. The van der Waals surface area contributed by atoms with Gasteiger partial charge in [0.15, 0.2) is 0 Å². The first-order valence-electron chi connectivity index (χ1n) is 6.65. The zero-order valence-corrected chi connectivity index (χ0v) is 11.7. The smallest absolute Gasteiger partial charge is 0.266 e. The summed E-state index contributed by atoms with van der Waals surface area (Å²) in [5.41, 5.74) is 6.74. The van der Waals surface area contributed by atoms with Crippen LogP contribution in [0.1, 0.15) is 35.9 Å². The van der Waals surface area contributed by atoms with Crippen LogP contribution >= 0.6 is 11.3 Å². The Labute approximate surface area is 116 Å². The van der Waals surface area contributed by atoms with Crippen molar-refractivity contribution in [1.82, 2.24) is 9.88 Å². The molecule has 2 aromatic rings. The number of amides is 1. The molecule has 1 aliphatic rings. The van der Waals surface area contributed by atoms with Gasteiger partial charge in [-0.25, -0.2) is 0 Å². The van der Waals surface area contributed by atoms with E-state index in [1.165, 1.54) is 11.3 Å². The van der Waals surface area contributed by atoms with Crippen molar-refractivity contribution in [3.05, 3.63) is 23.3 Å². The fourth-order valence-corrected chi connectivity index (χ4v) is 3.38. The van der Waals surface area contributed by atoms with Crippen LogP contribution in [0.4, 0.5) is 5.69 Å². The van der Waals surface area contributed by atoms with Crippen LogP contribution in [0.5, 0.6) is 0 Å². The van der Waals surface area contributed by atoms with E-state index in [1.54, 1.807) is 12.4 Å². The maximum absolute atomic E-state index is 12.6. The van der Waals surface area contributed by atoms with Crippen LogP contribution in [0.3, 0.4) is 0 Å². The van der Waals surface area contributed by atoms with E-state index < -0.39 is 0 Å². The number of hydrogen-bond acceptors (Lipinski definition) is 4. The number of fused-ring (bicyclic) bond motifs is 1. The van der Waals surface area contributed by atoms with Gasteiger partial charge in [-0.2, -0.15) is 0 Å². The minimum absolute atomic E-state index is 0.0862. The number of nitrogens with two attached hydrogens (primary N) is 1. The second-order valence-corrected chi connectivity index (χ2v) is 6.00. The van der Waals surface area contributed by atoms with E-state index in [0.29, 0.717) is 16.6 Å². The lowest BCUT2D eigenvalue weighted by Crippen LogP contribution is -2.33. The first-order valence-corrected chi connectivity index (χ1v) is 7.47. The van der Waals surface area contributed by atoms with E-state index in [2.05, 4.69) is 11.9 Å². The summed E-state index contributed by atoms with van der Waals surface area (Å²) in [7, 11) is 0. The van der Waals surface area contributed by atoms with Gasteiger partial charge in [0.1, 0.15) is 4.88 Å². The number of anilines is 1. The van der Waals surface area contributed by atoms with E-state index in [0.717, 1.165) is 35.9 Å². The van der Waals surface area contributed by atoms with Gasteiger partial charge in [-0.3, -0.25) is 9.78 Å². The first kappa shape index (κ1) is 12.4. The SMILES string of the molecule is CCCN(C(=O)c1sc2cnccc2c1N)C1CC1. The summed E-state index contributed by atoms with van der Waals surface area (Å²) in [5, 5.41) is 0.940. The molecule has 1 amide bonds. The van der Waals surface area contributed by atoms with Gasteiger partial charge < -0.3 is 10.6 Å². The molecule has 0 spiro atoms. The fraction of sp³-hybridized carbons (Fsp3) is 0.429. The highest BCUT2D eigenvalue weighted by molar-refractivity contribution is 7.21. The molecule has 0 unspecified atom stereocenters. The molecule has 2 N–H and O–H groups in total. The Hall–Kier alpha value is -1.62. The van der Waals surface area contributed by atoms with Gasteiger partial charge in [0.25, 0.3) is 5.91 Å². The highest BCUT2D eigenvalue weighted by atomic mass is 32.1. The maximum atomic E-state index is 12.6. The predicted octanol–water partition coefficient (Wildman–Crippen LogP) is 2.89. The zero-order chi connectivity index (χ0) is 13.4. The summed E-state index contributed by atoms with van der Waals surface area (Å²) < 4.78 is 0.982. The second kappa shape index (κ2) is 4.81. The summed E-state index contributed by atoms with van der Waals surface area (Å²) in [6.07, 6.45) is 6.71. The van der Waals surface area contributed by atoms with Crippen LogP contribution in [-0.4, -0.2) is 28.4 Å². The number of rotatable bonds is 4. The Morgan fingerprint density at radius 1 is 1.58 bits per heavy atom. The summed E-state index contributed by atoms with van der Waals surface area (Å²) >= 11 is 1.45. The van der Waals surface area contributed by atoms with Crippen LogP contribution in [-0.2, 0) is 0 Å². The number of nitrogen functional groups attached to an aromatic ring is 1. The molecule has 0 aromatic carbocycles. The molecular weight excluding hydrogens is 258 g/mol. The molecular formula is C14H17N3OS. The van der Waals surface area contributed by atoms with E-state index >= 15 is 0 Å². The molecule has 100 valence electrons. The van der Waals surface area contributed by atoms with Crippen molar-refractivity contribution in [2.75, 3.05) is 12.3 Å². The minimum atomic E-state index is 0.0862. The Kier molecular flexibility index (Phi) is 3.14. The lowest BCUT2D eigenvalue weighted by Gasteiger charge is -2.21. The minimum Gasteiger partial charge on any atom is -0.397 e. The van der Waals surface area contributed by atoms with Crippen molar-refractivity contribution in [3.8, 4) is 0 Å². The Balaban J connectivity index is 1.98. The van der Waals surface area contributed by atoms with Crippen molar-refractivity contribution in [2.24, 2.45) is 0 Å². The maximum Gasteiger partial charge on any atom is 0.266 e. The molecule has 4 nitrogen and oxygen atoms in total. The van der Waals surface area contributed by atoms with Gasteiger partial charge in [0.05, 0.1) is 10.4 Å². The molecule has 1 saturated carbocycles. The molecule has 0 atom stereocenters. The van der Waals surface area contributed by atoms with Crippen LogP contribution in [0.25, 0.3) is 10.1 Å². The van der Waals surface area contributed by atoms with Gasteiger partial charge >= 0.3 is 0 Å². The zero-order valence-electron chi connectivity index (χ0n) is 10.9. The van der Waals surface area contributed by atoms with Crippen LogP contribution in [0, 0.1) is 0 Å². The Morgan fingerprint density at radius 3 is 3.00 bits per heavy atom. The summed E-state index contributed by atoms with van der Waals surface area (Å²) in [6, 6.07) is 2.30. The van der Waals surface area contributed by atoms with Gasteiger partial charge in [-0.1, -0.05) is 6.92 Å². The number of carbonyl (C=O) groups excluding carboxylic acids is 1. The van der Waals surface area contributed by atoms with Crippen LogP contribution in [0.2, 0.25) is 0 Å². The molecule has 19 heavy (non-hydrogen) atoms. The summed E-state index contributed by atoms with van der Waals surface area (Å²) in [6.45, 7) is 2.91. The lowest BCUT2D eigenvalue weighted by molar-refractivity contribution is 0.0749. The molecule has 2 aromatic heterocycles. The highest BCUT2D eigenvalue weighted by Crippen LogP contribution is 2.36. The highest BCUT2D eigenvalue weighted by Gasteiger charge is 2.34. The number of aromatic nitrogens is 1. The molecule has 0 bridgehead atoms. The summed E-state index contributed by atoms with van der Waals surface area (Å²) in [4.78, 5) is 19.4. The molecule has 2 heterocycles. The van der Waals surface area contributed by atoms with Crippen molar-refractivity contribution < 1.29 is 4.79 Å². The number of thiophene rings is 1. The number of carbonyl (C=O) groups is 1. The largest absolute Gasteiger partial charge is 0.397 e. The number of nitrogens with zero attached hydrogens (tertiary/aromatic N) is 2. The topological polar surface area (TPSA) is 59.2 Å². The standard InChI is InChI=1S/C14H17N3OS/c1-2-7-17(9-3-4-9)14(18)13-12(15)10-5-6-16-8-11(10)19-13/h5-6,8-9H,2-4,7,15H2,1H3. The molecule has 0 saturated heterocycles. The van der Waals surface area contributed by atoms with Gasteiger partial charge in [-0.15, -0.1) is 11.3 Å². The van der Waals surface area contributed by atoms with E-state index in [1.807, 2.05) is 11.0 Å². The molecule has 0 aliphatic heterocycles. The average Bonchev–Trinajstić information content (AvgIpc) is 3.21. The molecule has 1 fully saturated rings. The van der Waals surface area contributed by atoms with E-state index in [-0.39, 0.29) is 5.91 Å². The van der Waals surface area contributed by atoms with Crippen molar-refractivity contribution in [3.63, 3.8) is 0 Å². The third-order valence-corrected chi connectivity index (χ3v) is 4.58. The average molecular weight is 275 g/mol. The van der Waals surface area contributed by atoms with Crippen LogP contribution in [0.15, 0.2) is 18.5 Å². The summed E-state index contributed by atoms with van der Waals surface area (Å²) in [5.74, 6) is 0.0862. The van der Waals surface area contributed by atoms with Gasteiger partial charge in [-0.05, 0) is 25.3 Å². The monoisotopic (exact) mass is 275 g/mol. The Bertz CT molecular complexity index is 618. The quantitative estimate of drug-likeness (QED) is 0.933. The molecule has 0 radical (unpaired) electrons. The molecule has 1 aliphatic carbocycles. The van der Waals surface area contributed by atoms with E-state index in [4.69, 9.17) is 5.73 Å². The van der Waals surface area contributed by atoms with Gasteiger partial charge in [0.2, 0.25) is 0 Å². The van der Waals surface area contributed by atoms with Crippen LogP contribution < -0.4 is 5.73 Å². The third kappa shape index (κ3) is 2.18. The Morgan fingerprint density at radius 2 is 2.37 bits per heavy atom. The number of pyridine rings is 1. The van der Waals surface area contributed by atoms with Gasteiger partial charge in [0, 0.05) is 30.4 Å². The van der Waals surface area contributed by atoms with Crippen molar-refractivity contribution in [2.45, 2.75) is 32.2 Å². The van der Waals surface area contributed by atoms with E-state index in [9.17, 15) is 4.79 Å².